The van der Waals surface area contributed by atoms with E-state index in [0.29, 0.717) is 0 Å². The first-order chi connectivity index (χ1) is 7.08. The van der Waals surface area contributed by atoms with Gasteiger partial charge in [-0.05, 0) is 6.07 Å². The minimum atomic E-state index is -1.05. The zero-order valence-electron chi connectivity index (χ0n) is 7.34. The van der Waals surface area contributed by atoms with Crippen LogP contribution in [0.25, 0.3) is 11.4 Å². The molecule has 4 N–H and O–H groups in total. The van der Waals surface area contributed by atoms with Crippen molar-refractivity contribution in [3.05, 3.63) is 34.3 Å². The topological polar surface area (TPSA) is 87.6 Å². The maximum absolute atomic E-state index is 12.9. The lowest BCUT2D eigenvalue weighted by molar-refractivity contribution is 0.509. The molecular weight excluding hydrogens is 206 g/mol. The number of nitrogen functional groups attached to an aromatic ring is 1. The van der Waals surface area contributed by atoms with Gasteiger partial charge in [0.1, 0.15) is 0 Å². The molecule has 0 fully saturated rings. The van der Waals surface area contributed by atoms with E-state index in [1.54, 1.807) is 0 Å². The first-order valence-electron chi connectivity index (χ1n) is 3.97. The van der Waals surface area contributed by atoms with Crippen LogP contribution in [0.4, 0.5) is 14.5 Å². The van der Waals surface area contributed by atoms with E-state index in [9.17, 15) is 13.6 Å². The number of H-pyrrole nitrogens is 2. The van der Waals surface area contributed by atoms with E-state index in [1.165, 1.54) is 0 Å². The van der Waals surface area contributed by atoms with E-state index in [1.807, 2.05) is 0 Å². The second kappa shape index (κ2) is 3.19. The highest BCUT2D eigenvalue weighted by Crippen LogP contribution is 2.24. The fourth-order valence-corrected chi connectivity index (χ4v) is 1.16. The van der Waals surface area contributed by atoms with E-state index in [4.69, 9.17) is 5.73 Å². The lowest BCUT2D eigenvalue weighted by Crippen LogP contribution is -2.01. The summed E-state index contributed by atoms with van der Waals surface area (Å²) in [5.74, 6) is -2.03. The predicted molar refractivity (Wildman–Crippen MR) is 49.0 cm³/mol. The second-order valence-corrected chi connectivity index (χ2v) is 2.88. The number of aromatic amines is 2. The SMILES string of the molecule is Nc1cc(F)c(F)cc1-c1n[nH]c(=O)[nH]1. The number of hydrogen-bond donors (Lipinski definition) is 3. The Kier molecular flexibility index (Phi) is 2.00. The number of anilines is 1. The van der Waals surface area contributed by atoms with Crippen molar-refractivity contribution < 1.29 is 8.78 Å². The lowest BCUT2D eigenvalue weighted by atomic mass is 10.1. The summed E-state index contributed by atoms with van der Waals surface area (Å²) in [6.07, 6.45) is 0. The van der Waals surface area contributed by atoms with Gasteiger partial charge in [-0.1, -0.05) is 0 Å². The van der Waals surface area contributed by atoms with Crippen LogP contribution in [0.5, 0.6) is 0 Å². The van der Waals surface area contributed by atoms with E-state index in [0.717, 1.165) is 12.1 Å². The van der Waals surface area contributed by atoms with Gasteiger partial charge in [-0.25, -0.2) is 18.7 Å². The minimum absolute atomic E-state index is 0.00310. The van der Waals surface area contributed by atoms with Crippen LogP contribution in [0.15, 0.2) is 16.9 Å². The van der Waals surface area contributed by atoms with Crippen LogP contribution in [0.3, 0.4) is 0 Å². The summed E-state index contributed by atoms with van der Waals surface area (Å²) in [6.45, 7) is 0. The van der Waals surface area contributed by atoms with Crippen LogP contribution in [-0.2, 0) is 0 Å². The molecule has 0 aliphatic carbocycles. The van der Waals surface area contributed by atoms with Crippen molar-refractivity contribution in [3.63, 3.8) is 0 Å². The summed E-state index contributed by atoms with van der Waals surface area (Å²) in [6, 6.07) is 1.70. The van der Waals surface area contributed by atoms with E-state index >= 15 is 0 Å². The number of nitrogens with two attached hydrogens (primary N) is 1. The number of aromatic nitrogens is 3. The first kappa shape index (κ1) is 9.38. The molecule has 0 radical (unpaired) electrons. The van der Waals surface area contributed by atoms with Crippen LogP contribution >= 0.6 is 0 Å². The van der Waals surface area contributed by atoms with Crippen LogP contribution in [0.1, 0.15) is 0 Å². The number of nitrogens with zero attached hydrogens (tertiary/aromatic N) is 1. The molecule has 1 aromatic heterocycles. The highest BCUT2D eigenvalue weighted by atomic mass is 19.2. The maximum Gasteiger partial charge on any atom is 0.340 e. The molecule has 7 heteroatoms. The molecule has 2 aromatic rings. The smallest absolute Gasteiger partial charge is 0.340 e. The molecule has 0 atom stereocenters. The van der Waals surface area contributed by atoms with Gasteiger partial charge in [-0.2, -0.15) is 5.10 Å². The summed E-state index contributed by atoms with van der Waals surface area (Å²) in [7, 11) is 0. The summed E-state index contributed by atoms with van der Waals surface area (Å²) in [4.78, 5) is 13.0. The molecule has 0 bridgehead atoms. The molecule has 0 amide bonds. The van der Waals surface area contributed by atoms with Gasteiger partial charge in [0, 0.05) is 17.3 Å². The van der Waals surface area contributed by atoms with Crippen molar-refractivity contribution in [1.82, 2.24) is 15.2 Å². The fourth-order valence-electron chi connectivity index (χ4n) is 1.16. The van der Waals surface area contributed by atoms with Gasteiger partial charge < -0.3 is 5.73 Å². The molecule has 1 heterocycles. The van der Waals surface area contributed by atoms with Gasteiger partial charge in [0.2, 0.25) is 0 Å². The molecule has 5 nitrogen and oxygen atoms in total. The summed E-state index contributed by atoms with van der Waals surface area (Å²) in [5, 5.41) is 5.65. The number of hydrogen-bond acceptors (Lipinski definition) is 3. The Balaban J connectivity index is 2.63. The van der Waals surface area contributed by atoms with Crippen molar-refractivity contribution in [1.29, 1.82) is 0 Å². The Morgan fingerprint density at radius 3 is 2.53 bits per heavy atom. The molecule has 0 aliphatic heterocycles. The predicted octanol–water partition coefficient (Wildman–Crippen LogP) is 0.625. The second-order valence-electron chi connectivity index (χ2n) is 2.88. The molecule has 0 unspecified atom stereocenters. The molecule has 0 saturated heterocycles. The van der Waals surface area contributed by atoms with Gasteiger partial charge in [0.25, 0.3) is 0 Å². The summed E-state index contributed by atoms with van der Waals surface area (Å²) >= 11 is 0. The third-order valence-electron chi connectivity index (χ3n) is 1.85. The first-order valence-corrected chi connectivity index (χ1v) is 3.97. The van der Waals surface area contributed by atoms with E-state index in [2.05, 4.69) is 15.2 Å². The number of halogens is 2. The number of benzene rings is 1. The van der Waals surface area contributed by atoms with Crippen LogP contribution in [0.2, 0.25) is 0 Å². The molecule has 78 valence electrons. The summed E-state index contributed by atoms with van der Waals surface area (Å²) in [5.41, 5.74) is 5.03. The molecule has 15 heavy (non-hydrogen) atoms. The Hall–Kier alpha value is -2.18. The Bertz CT molecular complexity index is 560. The Morgan fingerprint density at radius 1 is 1.27 bits per heavy atom. The Labute approximate surface area is 81.9 Å². The van der Waals surface area contributed by atoms with Crippen molar-refractivity contribution >= 4 is 5.69 Å². The van der Waals surface area contributed by atoms with Crippen molar-refractivity contribution in [2.24, 2.45) is 0 Å². The molecule has 0 aliphatic rings. The standard InChI is InChI=1S/C8H6F2N4O/c9-4-1-3(6(11)2-5(4)10)7-12-8(15)14-13-7/h1-2H,11H2,(H2,12,13,14,15). The number of rotatable bonds is 1. The normalized spacial score (nSPS) is 10.5. The van der Waals surface area contributed by atoms with Gasteiger partial charge >= 0.3 is 5.69 Å². The zero-order chi connectivity index (χ0) is 11.0. The molecule has 1 aromatic carbocycles. The maximum atomic E-state index is 12.9. The lowest BCUT2D eigenvalue weighted by Gasteiger charge is -2.02. The third-order valence-corrected chi connectivity index (χ3v) is 1.85. The average molecular weight is 212 g/mol. The van der Waals surface area contributed by atoms with E-state index in [-0.39, 0.29) is 17.1 Å². The highest BCUT2D eigenvalue weighted by molar-refractivity contribution is 5.71. The molecule has 0 saturated carbocycles. The monoisotopic (exact) mass is 212 g/mol. The molecule has 0 spiro atoms. The average Bonchev–Trinajstić information content (AvgIpc) is 2.58. The van der Waals surface area contributed by atoms with Crippen molar-refractivity contribution in [2.75, 3.05) is 5.73 Å². The van der Waals surface area contributed by atoms with Gasteiger partial charge in [-0.3, -0.25) is 4.98 Å². The van der Waals surface area contributed by atoms with Crippen LogP contribution in [0, 0.1) is 11.6 Å². The quantitative estimate of drug-likeness (QED) is 0.605. The van der Waals surface area contributed by atoms with E-state index < -0.39 is 17.3 Å². The molecule has 2 rings (SSSR count). The Morgan fingerprint density at radius 2 is 1.93 bits per heavy atom. The summed E-state index contributed by atoms with van der Waals surface area (Å²) < 4.78 is 25.6. The van der Waals surface area contributed by atoms with Crippen molar-refractivity contribution in [3.8, 4) is 11.4 Å². The fraction of sp³-hybridized carbons (Fsp3) is 0. The zero-order valence-corrected chi connectivity index (χ0v) is 7.34. The van der Waals surface area contributed by atoms with Gasteiger partial charge in [0.15, 0.2) is 17.5 Å². The van der Waals surface area contributed by atoms with Crippen LogP contribution in [-0.4, -0.2) is 15.2 Å². The van der Waals surface area contributed by atoms with Gasteiger partial charge in [0.05, 0.1) is 0 Å². The number of nitrogens with one attached hydrogen (secondary N) is 2. The van der Waals surface area contributed by atoms with Gasteiger partial charge in [-0.15, -0.1) is 0 Å². The third kappa shape index (κ3) is 1.58. The largest absolute Gasteiger partial charge is 0.398 e. The molecular formula is C8H6F2N4O. The highest BCUT2D eigenvalue weighted by Gasteiger charge is 2.11. The van der Waals surface area contributed by atoms with Crippen molar-refractivity contribution in [2.45, 2.75) is 0 Å². The minimum Gasteiger partial charge on any atom is -0.398 e. The van der Waals surface area contributed by atoms with Crippen LogP contribution < -0.4 is 11.4 Å².